The van der Waals surface area contributed by atoms with Crippen LogP contribution in [0, 0.1) is 6.92 Å². The molecular weight excluding hydrogens is 256 g/mol. The van der Waals surface area contributed by atoms with E-state index in [2.05, 4.69) is 36.2 Å². The summed E-state index contributed by atoms with van der Waals surface area (Å²) < 4.78 is 0.827. The van der Waals surface area contributed by atoms with E-state index in [1.165, 1.54) is 0 Å². The zero-order chi connectivity index (χ0) is 10.7. The van der Waals surface area contributed by atoms with Gasteiger partial charge in [-0.2, -0.15) is 0 Å². The van der Waals surface area contributed by atoms with Crippen molar-refractivity contribution < 1.29 is 0 Å². The fourth-order valence-electron chi connectivity index (χ4n) is 1.27. The average molecular weight is 267 g/mol. The smallest absolute Gasteiger partial charge is 0.108 e. The first-order valence-corrected chi connectivity index (χ1v) is 5.39. The molecule has 2 heterocycles. The molecule has 78 valence electrons. The highest BCUT2D eigenvalue weighted by atomic mass is 79.9. The lowest BCUT2D eigenvalue weighted by molar-refractivity contribution is 1.04. The maximum atomic E-state index is 4.13. The number of nitrogens with one attached hydrogen (secondary N) is 2. The van der Waals surface area contributed by atoms with Crippen LogP contribution < -0.4 is 5.32 Å². The number of halogens is 1. The second kappa shape index (κ2) is 4.44. The van der Waals surface area contributed by atoms with Crippen LogP contribution in [0.1, 0.15) is 11.5 Å². The lowest BCUT2D eigenvalue weighted by Crippen LogP contribution is -1.99. The van der Waals surface area contributed by atoms with Crippen molar-refractivity contribution >= 4 is 21.6 Å². The molecular formula is C10H11BrN4. The third kappa shape index (κ3) is 2.79. The van der Waals surface area contributed by atoms with E-state index in [-0.39, 0.29) is 0 Å². The number of hydrogen-bond donors (Lipinski definition) is 2. The molecule has 0 saturated heterocycles. The summed E-state index contributed by atoms with van der Waals surface area (Å²) in [6.45, 7) is 2.67. The first-order valence-electron chi connectivity index (χ1n) is 4.60. The van der Waals surface area contributed by atoms with Gasteiger partial charge < -0.3 is 10.3 Å². The summed E-state index contributed by atoms with van der Waals surface area (Å²) in [4.78, 5) is 11.3. The predicted molar refractivity (Wildman–Crippen MR) is 62.6 cm³/mol. The largest absolute Gasteiger partial charge is 0.379 e. The number of hydrogen-bond acceptors (Lipinski definition) is 3. The van der Waals surface area contributed by atoms with Gasteiger partial charge in [0.05, 0.1) is 18.4 Å². The predicted octanol–water partition coefficient (Wildman–Crippen LogP) is 2.49. The molecule has 2 N–H and O–H groups in total. The van der Waals surface area contributed by atoms with Crippen LogP contribution in [0.3, 0.4) is 0 Å². The summed E-state index contributed by atoms with van der Waals surface area (Å²) in [5.74, 6) is 0.933. The molecule has 2 aromatic heterocycles. The van der Waals surface area contributed by atoms with E-state index in [4.69, 9.17) is 0 Å². The molecule has 0 spiro atoms. The number of aromatic amines is 1. The Morgan fingerprint density at radius 3 is 3.00 bits per heavy atom. The molecule has 0 unspecified atom stereocenters. The van der Waals surface area contributed by atoms with Crippen LogP contribution in [0.15, 0.2) is 29.1 Å². The summed E-state index contributed by atoms with van der Waals surface area (Å²) in [5, 5.41) is 3.27. The topological polar surface area (TPSA) is 53.6 Å². The van der Waals surface area contributed by atoms with Crippen LogP contribution in [0.4, 0.5) is 5.69 Å². The number of aromatic nitrogens is 3. The minimum Gasteiger partial charge on any atom is -0.379 e. The van der Waals surface area contributed by atoms with Gasteiger partial charge in [-0.25, -0.2) is 9.97 Å². The van der Waals surface area contributed by atoms with Gasteiger partial charge in [-0.05, 0) is 35.0 Å². The molecule has 2 aromatic rings. The van der Waals surface area contributed by atoms with Crippen molar-refractivity contribution in [3.8, 4) is 0 Å². The summed E-state index contributed by atoms with van der Waals surface area (Å²) in [5.41, 5.74) is 2.10. The van der Waals surface area contributed by atoms with E-state index in [0.29, 0.717) is 0 Å². The minimum atomic E-state index is 0.733. The molecule has 0 aliphatic rings. The Morgan fingerprint density at radius 1 is 1.47 bits per heavy atom. The van der Waals surface area contributed by atoms with Gasteiger partial charge in [0.15, 0.2) is 0 Å². The van der Waals surface area contributed by atoms with Crippen molar-refractivity contribution in [2.75, 3.05) is 5.32 Å². The lowest BCUT2D eigenvalue weighted by atomic mass is 10.4. The highest BCUT2D eigenvalue weighted by Crippen LogP contribution is 2.13. The van der Waals surface area contributed by atoms with E-state index in [1.54, 1.807) is 6.20 Å². The number of rotatable bonds is 3. The molecule has 0 atom stereocenters. The molecule has 15 heavy (non-hydrogen) atoms. The molecule has 0 amide bonds. The number of H-pyrrole nitrogens is 1. The van der Waals surface area contributed by atoms with Gasteiger partial charge >= 0.3 is 0 Å². The van der Waals surface area contributed by atoms with E-state index >= 15 is 0 Å². The molecule has 0 bridgehead atoms. The fraction of sp³-hybridized carbons (Fsp3) is 0.200. The highest BCUT2D eigenvalue weighted by molar-refractivity contribution is 9.10. The van der Waals surface area contributed by atoms with Gasteiger partial charge in [-0.1, -0.05) is 0 Å². The van der Waals surface area contributed by atoms with Crippen LogP contribution in [-0.4, -0.2) is 15.0 Å². The van der Waals surface area contributed by atoms with E-state index in [1.807, 2.05) is 25.3 Å². The number of nitrogens with zero attached hydrogens (tertiary/aromatic N) is 2. The zero-order valence-corrected chi connectivity index (χ0v) is 9.87. The number of anilines is 1. The van der Waals surface area contributed by atoms with Crippen LogP contribution in [0.5, 0.6) is 0 Å². The van der Waals surface area contributed by atoms with E-state index in [0.717, 1.165) is 28.4 Å². The van der Waals surface area contributed by atoms with Crippen LogP contribution in [-0.2, 0) is 6.54 Å². The third-order valence-corrected chi connectivity index (χ3v) is 2.40. The summed E-state index contributed by atoms with van der Waals surface area (Å²) in [6, 6.07) is 3.86. The fourth-order valence-corrected chi connectivity index (χ4v) is 1.64. The van der Waals surface area contributed by atoms with Crippen molar-refractivity contribution in [1.82, 2.24) is 15.0 Å². The van der Waals surface area contributed by atoms with Crippen LogP contribution in [0.25, 0.3) is 0 Å². The second-order valence-electron chi connectivity index (χ2n) is 3.21. The van der Waals surface area contributed by atoms with Gasteiger partial charge in [0.25, 0.3) is 0 Å². The molecule has 0 aliphatic heterocycles. The number of pyridine rings is 1. The van der Waals surface area contributed by atoms with Crippen molar-refractivity contribution in [1.29, 1.82) is 0 Å². The van der Waals surface area contributed by atoms with Crippen molar-refractivity contribution in [2.24, 2.45) is 0 Å². The Labute approximate surface area is 96.3 Å². The van der Waals surface area contributed by atoms with Crippen molar-refractivity contribution in [2.45, 2.75) is 13.5 Å². The Hall–Kier alpha value is -1.36. The maximum Gasteiger partial charge on any atom is 0.108 e. The molecule has 0 aliphatic carbocycles. The van der Waals surface area contributed by atoms with Gasteiger partial charge in [-0.3, -0.25) is 0 Å². The first-order chi connectivity index (χ1) is 7.24. The van der Waals surface area contributed by atoms with Crippen molar-refractivity contribution in [3.63, 3.8) is 0 Å². The zero-order valence-electron chi connectivity index (χ0n) is 8.29. The molecule has 0 radical (unpaired) electrons. The summed E-state index contributed by atoms with van der Waals surface area (Å²) in [6.07, 6.45) is 3.59. The Bertz CT molecular complexity index is 452. The second-order valence-corrected chi connectivity index (χ2v) is 4.03. The van der Waals surface area contributed by atoms with Crippen LogP contribution in [0.2, 0.25) is 0 Å². The molecule has 0 aromatic carbocycles. The maximum absolute atomic E-state index is 4.13. The van der Waals surface area contributed by atoms with Crippen LogP contribution >= 0.6 is 15.9 Å². The monoisotopic (exact) mass is 266 g/mol. The third-order valence-electron chi connectivity index (χ3n) is 1.97. The normalized spacial score (nSPS) is 10.3. The first kappa shape index (κ1) is 10.2. The Kier molecular flexibility index (Phi) is 3.01. The number of aryl methyl sites for hydroxylation is 1. The van der Waals surface area contributed by atoms with E-state index in [9.17, 15) is 0 Å². The van der Waals surface area contributed by atoms with Gasteiger partial charge in [0.2, 0.25) is 0 Å². The van der Waals surface area contributed by atoms with Gasteiger partial charge in [0.1, 0.15) is 10.4 Å². The summed E-state index contributed by atoms with van der Waals surface area (Å²) >= 11 is 3.32. The number of imidazole rings is 1. The molecule has 0 saturated carbocycles. The Balaban J connectivity index is 1.99. The lowest BCUT2D eigenvalue weighted by Gasteiger charge is -2.04. The van der Waals surface area contributed by atoms with E-state index < -0.39 is 0 Å². The quantitative estimate of drug-likeness (QED) is 0.840. The molecule has 2 rings (SSSR count). The SMILES string of the molecule is Cc1ncc(CNc2ccnc(Br)c2)[nH]1. The minimum absolute atomic E-state index is 0.733. The van der Waals surface area contributed by atoms with Gasteiger partial charge in [-0.15, -0.1) is 0 Å². The molecule has 5 heteroatoms. The highest BCUT2D eigenvalue weighted by Gasteiger charge is 1.97. The van der Waals surface area contributed by atoms with Crippen molar-refractivity contribution in [3.05, 3.63) is 40.6 Å². The van der Waals surface area contributed by atoms with Gasteiger partial charge in [0, 0.05) is 11.9 Å². The Morgan fingerprint density at radius 2 is 2.33 bits per heavy atom. The standard InChI is InChI=1S/C10H11BrN4/c1-7-13-5-9(15-7)6-14-8-2-3-12-10(11)4-8/h2-5H,6H2,1H3,(H,12,14)(H,13,15). The molecule has 0 fully saturated rings. The molecule has 4 nitrogen and oxygen atoms in total. The average Bonchev–Trinajstić information content (AvgIpc) is 2.62. The summed E-state index contributed by atoms with van der Waals surface area (Å²) in [7, 11) is 0.